The van der Waals surface area contributed by atoms with Gasteiger partial charge in [0.1, 0.15) is 5.82 Å². The number of hydrogen-bond donors (Lipinski definition) is 2. The zero-order valence-corrected chi connectivity index (χ0v) is 10.4. The highest BCUT2D eigenvalue weighted by molar-refractivity contribution is 6.30. The van der Waals surface area contributed by atoms with E-state index in [0.29, 0.717) is 17.0 Å². The zero-order chi connectivity index (χ0) is 13.0. The van der Waals surface area contributed by atoms with Gasteiger partial charge in [-0.3, -0.25) is 16.3 Å². The van der Waals surface area contributed by atoms with Crippen LogP contribution in [0.5, 0.6) is 0 Å². The van der Waals surface area contributed by atoms with E-state index < -0.39 is 0 Å². The lowest BCUT2D eigenvalue weighted by atomic mass is 9.99. The van der Waals surface area contributed by atoms with Crippen molar-refractivity contribution in [2.24, 2.45) is 5.84 Å². The maximum atomic E-state index is 13.7. The molecule has 0 aliphatic heterocycles. The highest BCUT2D eigenvalue weighted by atomic mass is 35.5. The predicted octanol–water partition coefficient (Wildman–Crippen LogP) is 2.62. The van der Waals surface area contributed by atoms with Crippen molar-refractivity contribution < 1.29 is 4.39 Å². The van der Waals surface area contributed by atoms with Crippen LogP contribution in [0.4, 0.5) is 4.39 Å². The van der Waals surface area contributed by atoms with Crippen LogP contribution >= 0.6 is 11.6 Å². The fourth-order valence-corrected chi connectivity index (χ4v) is 1.98. The predicted molar refractivity (Wildman–Crippen MR) is 69.4 cm³/mol. The molecule has 0 saturated carbocycles. The quantitative estimate of drug-likeness (QED) is 0.660. The topological polar surface area (TPSA) is 50.9 Å². The fourth-order valence-electron chi connectivity index (χ4n) is 1.79. The van der Waals surface area contributed by atoms with E-state index >= 15 is 0 Å². The Bertz CT molecular complexity index is 519. The molecule has 1 atom stereocenters. The van der Waals surface area contributed by atoms with E-state index in [1.165, 1.54) is 12.1 Å². The molecule has 0 bridgehead atoms. The molecule has 0 saturated heterocycles. The number of pyridine rings is 1. The maximum Gasteiger partial charge on any atom is 0.128 e. The maximum absolute atomic E-state index is 13.7. The van der Waals surface area contributed by atoms with Crippen molar-refractivity contribution in [2.75, 3.05) is 0 Å². The highest BCUT2D eigenvalue weighted by Crippen LogP contribution is 2.23. The molecule has 1 aromatic carbocycles. The van der Waals surface area contributed by atoms with Crippen LogP contribution in [0.2, 0.25) is 5.02 Å². The summed E-state index contributed by atoms with van der Waals surface area (Å²) in [5.74, 6) is 5.17. The molecule has 0 aliphatic rings. The second-order valence-electron chi connectivity index (χ2n) is 3.94. The molecule has 0 spiro atoms. The van der Waals surface area contributed by atoms with Crippen molar-refractivity contribution in [1.29, 1.82) is 0 Å². The van der Waals surface area contributed by atoms with Gasteiger partial charge in [0.2, 0.25) is 0 Å². The van der Waals surface area contributed by atoms with E-state index in [9.17, 15) is 4.39 Å². The van der Waals surface area contributed by atoms with E-state index in [0.717, 1.165) is 5.56 Å². The van der Waals surface area contributed by atoms with Gasteiger partial charge in [-0.15, -0.1) is 0 Å². The van der Waals surface area contributed by atoms with Gasteiger partial charge in [-0.05, 0) is 42.3 Å². The summed E-state index contributed by atoms with van der Waals surface area (Å²) >= 11 is 5.88. The molecule has 1 unspecified atom stereocenters. The van der Waals surface area contributed by atoms with E-state index in [4.69, 9.17) is 17.4 Å². The summed E-state index contributed by atoms with van der Waals surface area (Å²) in [6, 6.07) is 7.85. The van der Waals surface area contributed by atoms with Gasteiger partial charge in [-0.25, -0.2) is 4.39 Å². The number of nitrogens with one attached hydrogen (secondary N) is 1. The van der Waals surface area contributed by atoms with E-state index in [1.54, 1.807) is 18.5 Å². The van der Waals surface area contributed by atoms with Crippen molar-refractivity contribution >= 4 is 11.6 Å². The molecule has 1 heterocycles. The molecule has 0 amide bonds. The molecule has 1 aromatic heterocycles. The van der Waals surface area contributed by atoms with Gasteiger partial charge in [0.25, 0.3) is 0 Å². The first-order chi connectivity index (χ1) is 8.70. The number of nitrogens with two attached hydrogens (primary N) is 1. The van der Waals surface area contributed by atoms with Crippen molar-refractivity contribution in [1.82, 2.24) is 10.4 Å². The summed E-state index contributed by atoms with van der Waals surface area (Å²) in [5, 5.41) is 0.487. The third-order valence-corrected chi connectivity index (χ3v) is 2.96. The van der Waals surface area contributed by atoms with Gasteiger partial charge in [0, 0.05) is 23.0 Å². The summed E-state index contributed by atoms with van der Waals surface area (Å²) in [7, 11) is 0. The fraction of sp³-hybridized carbons (Fsp3) is 0.154. The van der Waals surface area contributed by atoms with Gasteiger partial charge < -0.3 is 0 Å². The number of hydrogen-bond acceptors (Lipinski definition) is 3. The SMILES string of the molecule is NNC(Cc1ccncc1)c1cc(Cl)ccc1F. The molecule has 0 radical (unpaired) electrons. The van der Waals surface area contributed by atoms with E-state index in [1.807, 2.05) is 12.1 Å². The third-order valence-electron chi connectivity index (χ3n) is 2.72. The Morgan fingerprint density at radius 3 is 2.67 bits per heavy atom. The molecular weight excluding hydrogens is 253 g/mol. The smallest absolute Gasteiger partial charge is 0.128 e. The van der Waals surface area contributed by atoms with Crippen LogP contribution in [0.25, 0.3) is 0 Å². The molecule has 0 fully saturated rings. The molecule has 94 valence electrons. The third kappa shape index (κ3) is 3.04. The second-order valence-corrected chi connectivity index (χ2v) is 4.38. The lowest BCUT2D eigenvalue weighted by molar-refractivity contribution is 0.510. The van der Waals surface area contributed by atoms with Crippen molar-refractivity contribution in [2.45, 2.75) is 12.5 Å². The van der Waals surface area contributed by atoms with E-state index in [-0.39, 0.29) is 11.9 Å². The van der Waals surface area contributed by atoms with Gasteiger partial charge in [0.15, 0.2) is 0 Å². The first-order valence-electron chi connectivity index (χ1n) is 5.50. The molecule has 3 nitrogen and oxygen atoms in total. The lowest BCUT2D eigenvalue weighted by Crippen LogP contribution is -2.30. The molecule has 2 aromatic rings. The second kappa shape index (κ2) is 5.91. The van der Waals surface area contributed by atoms with Crippen molar-refractivity contribution in [3.63, 3.8) is 0 Å². The standard InChI is InChI=1S/C13H13ClFN3/c14-10-1-2-12(15)11(8-10)13(18-16)7-9-3-5-17-6-4-9/h1-6,8,13,18H,7,16H2. The molecule has 0 aliphatic carbocycles. The Morgan fingerprint density at radius 2 is 2.00 bits per heavy atom. The number of halogens is 2. The molecule has 3 N–H and O–H groups in total. The Balaban J connectivity index is 2.26. The molecule has 5 heteroatoms. The summed E-state index contributed by atoms with van der Waals surface area (Å²) in [5.41, 5.74) is 4.10. The number of nitrogens with zero attached hydrogens (tertiary/aromatic N) is 1. The summed E-state index contributed by atoms with van der Waals surface area (Å²) in [6.45, 7) is 0. The van der Waals surface area contributed by atoms with Crippen LogP contribution in [0, 0.1) is 5.82 Å². The summed E-state index contributed by atoms with van der Waals surface area (Å²) < 4.78 is 13.7. The van der Waals surface area contributed by atoms with Gasteiger partial charge in [0.05, 0.1) is 6.04 Å². The lowest BCUT2D eigenvalue weighted by Gasteiger charge is -2.17. The minimum atomic E-state index is -0.328. The van der Waals surface area contributed by atoms with Crippen molar-refractivity contribution in [3.8, 4) is 0 Å². The van der Waals surface area contributed by atoms with Gasteiger partial charge >= 0.3 is 0 Å². The average Bonchev–Trinajstić information content (AvgIpc) is 2.40. The Labute approximate surface area is 110 Å². The van der Waals surface area contributed by atoms with Crippen LogP contribution in [0.15, 0.2) is 42.7 Å². The van der Waals surface area contributed by atoms with Crippen LogP contribution in [-0.4, -0.2) is 4.98 Å². The first-order valence-corrected chi connectivity index (χ1v) is 5.88. The normalized spacial score (nSPS) is 12.4. The monoisotopic (exact) mass is 265 g/mol. The molecule has 18 heavy (non-hydrogen) atoms. The number of hydrazine groups is 1. The number of rotatable bonds is 4. The summed E-state index contributed by atoms with van der Waals surface area (Å²) in [4.78, 5) is 3.94. The minimum Gasteiger partial charge on any atom is -0.271 e. The Hall–Kier alpha value is -1.49. The molecule has 2 rings (SSSR count). The highest BCUT2D eigenvalue weighted by Gasteiger charge is 2.15. The minimum absolute atomic E-state index is 0.323. The first kappa shape index (κ1) is 13.0. The van der Waals surface area contributed by atoms with Gasteiger partial charge in [-0.2, -0.15) is 0 Å². The van der Waals surface area contributed by atoms with Crippen LogP contribution in [0.1, 0.15) is 17.2 Å². The molecular formula is C13H13ClFN3. The van der Waals surface area contributed by atoms with Crippen LogP contribution < -0.4 is 11.3 Å². The Morgan fingerprint density at radius 1 is 1.28 bits per heavy atom. The number of aromatic nitrogens is 1. The summed E-state index contributed by atoms with van der Waals surface area (Å²) in [6.07, 6.45) is 3.95. The largest absolute Gasteiger partial charge is 0.271 e. The van der Waals surface area contributed by atoms with Gasteiger partial charge in [-0.1, -0.05) is 11.6 Å². The number of benzene rings is 1. The average molecular weight is 266 g/mol. The van der Waals surface area contributed by atoms with E-state index in [2.05, 4.69) is 10.4 Å². The Kier molecular flexibility index (Phi) is 4.25. The zero-order valence-electron chi connectivity index (χ0n) is 9.61. The van der Waals surface area contributed by atoms with Crippen molar-refractivity contribution in [3.05, 3.63) is 64.7 Å². The van der Waals surface area contributed by atoms with Crippen LogP contribution in [-0.2, 0) is 6.42 Å². The van der Waals surface area contributed by atoms with Crippen LogP contribution in [0.3, 0.4) is 0 Å².